The second-order valence-electron chi connectivity index (χ2n) is 5.05. The number of nitrogens with zero attached hydrogens (tertiary/aromatic N) is 2. The van der Waals surface area contributed by atoms with E-state index in [1.54, 1.807) is 25.8 Å². The molecule has 7 nitrogen and oxygen atoms in total. The molecule has 1 fully saturated rings. The number of carbonyl (C=O) groups is 3. The predicted octanol–water partition coefficient (Wildman–Crippen LogP) is -1.73. The van der Waals surface area contributed by atoms with Crippen LogP contribution in [-0.4, -0.2) is 59.2 Å². The van der Waals surface area contributed by atoms with E-state index in [2.05, 4.69) is 0 Å². The van der Waals surface area contributed by atoms with Gasteiger partial charge in [0.2, 0.25) is 17.7 Å². The molecular formula is C11H20N4O3. The highest BCUT2D eigenvalue weighted by Gasteiger charge is 2.44. The zero-order chi connectivity index (χ0) is 14.1. The highest BCUT2D eigenvalue weighted by molar-refractivity contribution is 5.94. The van der Waals surface area contributed by atoms with Crippen molar-refractivity contribution in [2.24, 2.45) is 11.5 Å². The van der Waals surface area contributed by atoms with Crippen LogP contribution in [0.5, 0.6) is 0 Å². The molecule has 0 bridgehead atoms. The highest BCUT2D eigenvalue weighted by Crippen LogP contribution is 2.22. The molecule has 0 spiro atoms. The van der Waals surface area contributed by atoms with Crippen LogP contribution in [0.15, 0.2) is 0 Å². The van der Waals surface area contributed by atoms with Crippen molar-refractivity contribution in [3.05, 3.63) is 0 Å². The van der Waals surface area contributed by atoms with Gasteiger partial charge in [0.15, 0.2) is 0 Å². The van der Waals surface area contributed by atoms with Crippen LogP contribution in [0.25, 0.3) is 0 Å². The Bertz CT molecular complexity index is 380. The van der Waals surface area contributed by atoms with Gasteiger partial charge in [-0.1, -0.05) is 0 Å². The van der Waals surface area contributed by atoms with Crippen LogP contribution < -0.4 is 11.5 Å². The van der Waals surface area contributed by atoms with E-state index in [9.17, 15) is 14.4 Å². The van der Waals surface area contributed by atoms with Crippen molar-refractivity contribution in [3.8, 4) is 0 Å². The van der Waals surface area contributed by atoms with Gasteiger partial charge >= 0.3 is 0 Å². The molecule has 1 aliphatic rings. The van der Waals surface area contributed by atoms with Crippen molar-refractivity contribution >= 4 is 17.7 Å². The lowest BCUT2D eigenvalue weighted by atomic mass is 9.96. The quantitative estimate of drug-likeness (QED) is 0.625. The Balaban J connectivity index is 2.85. The third-order valence-corrected chi connectivity index (χ3v) is 3.21. The Morgan fingerprint density at radius 3 is 2.44 bits per heavy atom. The fourth-order valence-corrected chi connectivity index (χ4v) is 2.10. The van der Waals surface area contributed by atoms with E-state index in [0.717, 1.165) is 0 Å². The molecule has 0 radical (unpaired) electrons. The summed E-state index contributed by atoms with van der Waals surface area (Å²) >= 11 is 0. The van der Waals surface area contributed by atoms with Crippen LogP contribution in [0.3, 0.4) is 0 Å². The summed E-state index contributed by atoms with van der Waals surface area (Å²) in [4.78, 5) is 37.9. The van der Waals surface area contributed by atoms with Crippen molar-refractivity contribution in [2.45, 2.75) is 31.8 Å². The van der Waals surface area contributed by atoms with E-state index < -0.39 is 23.4 Å². The fourth-order valence-electron chi connectivity index (χ4n) is 2.10. The molecule has 102 valence electrons. The SMILES string of the molecule is CN1CCN(C(=O)C(N)CC(N)=O)C(C)(C)C1=O. The van der Waals surface area contributed by atoms with Gasteiger partial charge in [-0.15, -0.1) is 0 Å². The summed E-state index contributed by atoms with van der Waals surface area (Å²) in [5, 5.41) is 0. The minimum absolute atomic E-state index is 0.145. The van der Waals surface area contributed by atoms with Crippen molar-refractivity contribution in [1.29, 1.82) is 0 Å². The number of primary amides is 1. The summed E-state index contributed by atoms with van der Waals surface area (Å²) in [6, 6.07) is -0.988. The van der Waals surface area contributed by atoms with E-state index in [-0.39, 0.29) is 12.3 Å². The standard InChI is InChI=1S/C11H20N4O3/c1-11(2)10(18)14(3)4-5-15(11)9(17)7(12)6-8(13)16/h7H,4-6,12H2,1-3H3,(H2,13,16). The van der Waals surface area contributed by atoms with E-state index in [1.807, 2.05) is 0 Å². The van der Waals surface area contributed by atoms with Crippen LogP contribution in [-0.2, 0) is 14.4 Å². The first kappa shape index (κ1) is 14.4. The van der Waals surface area contributed by atoms with Gasteiger partial charge in [0.05, 0.1) is 12.5 Å². The average molecular weight is 256 g/mol. The van der Waals surface area contributed by atoms with Crippen molar-refractivity contribution in [3.63, 3.8) is 0 Å². The van der Waals surface area contributed by atoms with Gasteiger partial charge in [-0.3, -0.25) is 14.4 Å². The van der Waals surface area contributed by atoms with E-state index in [0.29, 0.717) is 13.1 Å². The molecule has 1 unspecified atom stereocenters. The number of likely N-dealkylation sites (N-methyl/N-ethyl adjacent to an activating group) is 1. The van der Waals surface area contributed by atoms with E-state index in [4.69, 9.17) is 11.5 Å². The molecule has 7 heteroatoms. The molecule has 4 N–H and O–H groups in total. The highest BCUT2D eigenvalue weighted by atomic mass is 16.2. The number of hydrogen-bond donors (Lipinski definition) is 2. The van der Waals surface area contributed by atoms with Gasteiger partial charge in [0.1, 0.15) is 5.54 Å². The Morgan fingerprint density at radius 1 is 1.39 bits per heavy atom. The van der Waals surface area contributed by atoms with E-state index in [1.165, 1.54) is 4.90 Å². The maximum absolute atomic E-state index is 12.1. The molecule has 3 amide bonds. The van der Waals surface area contributed by atoms with Crippen molar-refractivity contribution < 1.29 is 14.4 Å². The Kier molecular flexibility index (Phi) is 3.95. The van der Waals surface area contributed by atoms with E-state index >= 15 is 0 Å². The second-order valence-corrected chi connectivity index (χ2v) is 5.05. The van der Waals surface area contributed by atoms with Crippen LogP contribution in [0.4, 0.5) is 0 Å². The molecule has 0 saturated carbocycles. The number of amides is 3. The zero-order valence-electron chi connectivity index (χ0n) is 11.0. The Morgan fingerprint density at radius 2 is 1.94 bits per heavy atom. The number of nitrogens with two attached hydrogens (primary N) is 2. The summed E-state index contributed by atoms with van der Waals surface area (Å²) in [5.74, 6) is -1.19. The van der Waals surface area contributed by atoms with Crippen molar-refractivity contribution in [2.75, 3.05) is 20.1 Å². The number of rotatable bonds is 3. The normalized spacial score (nSPS) is 20.8. The minimum Gasteiger partial charge on any atom is -0.370 e. The summed E-state index contributed by atoms with van der Waals surface area (Å²) in [5.41, 5.74) is 9.70. The summed E-state index contributed by atoms with van der Waals surface area (Å²) in [6.45, 7) is 4.19. The van der Waals surface area contributed by atoms with Gasteiger partial charge in [0, 0.05) is 20.1 Å². The average Bonchev–Trinajstić information content (AvgIpc) is 2.24. The monoisotopic (exact) mass is 256 g/mol. The first-order chi connectivity index (χ1) is 8.17. The topological polar surface area (TPSA) is 110 Å². The van der Waals surface area contributed by atoms with Crippen LogP contribution in [0.1, 0.15) is 20.3 Å². The Labute approximate surface area is 106 Å². The number of carbonyl (C=O) groups excluding carboxylic acids is 3. The Hall–Kier alpha value is -1.63. The maximum Gasteiger partial charge on any atom is 0.247 e. The number of piperazine rings is 1. The van der Waals surface area contributed by atoms with Crippen LogP contribution >= 0.6 is 0 Å². The zero-order valence-corrected chi connectivity index (χ0v) is 11.0. The van der Waals surface area contributed by atoms with Gasteiger partial charge < -0.3 is 21.3 Å². The summed E-state index contributed by atoms with van der Waals surface area (Å²) in [7, 11) is 1.69. The van der Waals surface area contributed by atoms with Gasteiger partial charge in [-0.25, -0.2) is 0 Å². The van der Waals surface area contributed by atoms with Crippen LogP contribution in [0.2, 0.25) is 0 Å². The molecule has 0 aromatic rings. The first-order valence-corrected chi connectivity index (χ1v) is 5.79. The molecule has 0 aromatic heterocycles. The molecular weight excluding hydrogens is 236 g/mol. The lowest BCUT2D eigenvalue weighted by Crippen LogP contribution is -2.66. The third-order valence-electron chi connectivity index (χ3n) is 3.21. The summed E-state index contributed by atoms with van der Waals surface area (Å²) < 4.78 is 0. The molecule has 1 saturated heterocycles. The maximum atomic E-state index is 12.1. The molecule has 0 aliphatic carbocycles. The molecule has 1 rings (SSSR count). The summed E-state index contributed by atoms with van der Waals surface area (Å²) in [6.07, 6.45) is -0.213. The largest absolute Gasteiger partial charge is 0.370 e. The second kappa shape index (κ2) is 4.93. The van der Waals surface area contributed by atoms with Gasteiger partial charge in [0.25, 0.3) is 0 Å². The lowest BCUT2D eigenvalue weighted by Gasteiger charge is -2.45. The van der Waals surface area contributed by atoms with Gasteiger partial charge in [-0.2, -0.15) is 0 Å². The molecule has 0 aromatic carbocycles. The molecule has 18 heavy (non-hydrogen) atoms. The van der Waals surface area contributed by atoms with Crippen molar-refractivity contribution in [1.82, 2.24) is 9.80 Å². The minimum atomic E-state index is -0.988. The number of hydrogen-bond acceptors (Lipinski definition) is 4. The molecule has 1 heterocycles. The predicted molar refractivity (Wildman–Crippen MR) is 65.2 cm³/mol. The fraction of sp³-hybridized carbons (Fsp3) is 0.727. The third kappa shape index (κ3) is 2.61. The lowest BCUT2D eigenvalue weighted by molar-refractivity contribution is -0.158. The van der Waals surface area contributed by atoms with Crippen LogP contribution in [0, 0.1) is 0 Å². The molecule has 1 atom stereocenters. The molecule has 1 aliphatic heterocycles. The van der Waals surface area contributed by atoms with Gasteiger partial charge in [-0.05, 0) is 13.8 Å². The smallest absolute Gasteiger partial charge is 0.247 e. The first-order valence-electron chi connectivity index (χ1n) is 5.79.